The summed E-state index contributed by atoms with van der Waals surface area (Å²) in [6, 6.07) is 4.38. The van der Waals surface area contributed by atoms with Crippen LogP contribution in [0.15, 0.2) is 36.6 Å². The van der Waals surface area contributed by atoms with Crippen molar-refractivity contribution >= 4 is 12.6 Å². The number of hydrogen-bond donors (Lipinski definition) is 1. The van der Waals surface area contributed by atoms with E-state index in [1.165, 1.54) is 24.5 Å². The molecule has 0 amide bonds. The van der Waals surface area contributed by atoms with Gasteiger partial charge < -0.3 is 9.68 Å². The molecule has 0 radical (unpaired) electrons. The summed E-state index contributed by atoms with van der Waals surface area (Å²) >= 11 is 0. The zero-order valence-electron chi connectivity index (χ0n) is 8.53. The first kappa shape index (κ1) is 12.6. The maximum Gasteiger partial charge on any atom is 0.559 e. The molecule has 6 heteroatoms. The fraction of sp³-hybridized carbons (Fsp3) is 0.200. The average Bonchev–Trinajstić information content (AvgIpc) is 2.25. The van der Waals surface area contributed by atoms with Crippen LogP contribution in [0.2, 0.25) is 0 Å². The van der Waals surface area contributed by atoms with Crippen LogP contribution in [0, 0.1) is 0 Å². The highest BCUT2D eigenvalue weighted by Gasteiger charge is 2.31. The van der Waals surface area contributed by atoms with Crippen LogP contribution in [0.3, 0.4) is 0 Å². The summed E-state index contributed by atoms with van der Waals surface area (Å²) < 4.78 is 41.8. The fourth-order valence-electron chi connectivity index (χ4n) is 1.10. The number of halogens is 3. The molecule has 1 rings (SSSR count). The number of benzene rings is 1. The maximum atomic E-state index is 12.3. The molecular formula is C10H10BF3O2. The van der Waals surface area contributed by atoms with Gasteiger partial charge in [-0.1, -0.05) is 24.3 Å². The molecule has 0 aliphatic carbocycles. The highest BCUT2D eigenvalue weighted by atomic mass is 19.4. The van der Waals surface area contributed by atoms with E-state index in [4.69, 9.17) is 4.65 Å². The average molecular weight is 230 g/mol. The van der Waals surface area contributed by atoms with Crippen LogP contribution < -0.4 is 5.46 Å². The van der Waals surface area contributed by atoms with Gasteiger partial charge in [-0.3, -0.25) is 0 Å². The topological polar surface area (TPSA) is 29.5 Å². The largest absolute Gasteiger partial charge is 0.559 e. The van der Waals surface area contributed by atoms with Gasteiger partial charge in [0.1, 0.15) is 0 Å². The van der Waals surface area contributed by atoms with Gasteiger partial charge in [0.05, 0.1) is 11.8 Å². The highest BCUT2D eigenvalue weighted by Crippen LogP contribution is 2.28. The normalized spacial score (nSPS) is 11.8. The Hall–Kier alpha value is -1.43. The third-order valence-corrected chi connectivity index (χ3v) is 1.84. The number of rotatable bonds is 3. The van der Waals surface area contributed by atoms with Crippen LogP contribution >= 0.6 is 0 Å². The monoisotopic (exact) mass is 230 g/mol. The molecule has 0 spiro atoms. The summed E-state index contributed by atoms with van der Waals surface area (Å²) in [5.41, 5.74) is -0.749. The first-order valence-electron chi connectivity index (χ1n) is 4.57. The zero-order chi connectivity index (χ0) is 12.2. The van der Waals surface area contributed by atoms with Crippen molar-refractivity contribution in [3.05, 3.63) is 42.2 Å². The standard InChI is InChI=1S/C10H10BF3O2/c1-2-6-16-11(15)9-5-3-4-8(7-9)10(12,13)14/h2-7,15H,1H3. The lowest BCUT2D eigenvalue weighted by molar-refractivity contribution is -0.137. The summed E-state index contributed by atoms with van der Waals surface area (Å²) in [5.74, 6) is 0. The van der Waals surface area contributed by atoms with Crippen LogP contribution in [0.1, 0.15) is 12.5 Å². The molecule has 1 aromatic rings. The van der Waals surface area contributed by atoms with E-state index in [9.17, 15) is 18.2 Å². The van der Waals surface area contributed by atoms with E-state index in [0.717, 1.165) is 12.1 Å². The van der Waals surface area contributed by atoms with Gasteiger partial charge >= 0.3 is 13.3 Å². The number of alkyl halides is 3. The first-order valence-corrected chi connectivity index (χ1v) is 4.57. The summed E-state index contributed by atoms with van der Waals surface area (Å²) in [4.78, 5) is 0. The molecule has 2 nitrogen and oxygen atoms in total. The molecule has 16 heavy (non-hydrogen) atoms. The number of allylic oxidation sites excluding steroid dienone is 1. The highest BCUT2D eigenvalue weighted by molar-refractivity contribution is 6.60. The molecule has 1 aromatic carbocycles. The van der Waals surface area contributed by atoms with E-state index in [0.29, 0.717) is 0 Å². The molecule has 0 aliphatic rings. The Morgan fingerprint density at radius 2 is 2.06 bits per heavy atom. The minimum atomic E-state index is -4.42. The molecule has 0 bridgehead atoms. The lowest BCUT2D eigenvalue weighted by atomic mass is 9.79. The quantitative estimate of drug-likeness (QED) is 0.635. The lowest BCUT2D eigenvalue weighted by Gasteiger charge is -2.09. The fourth-order valence-corrected chi connectivity index (χ4v) is 1.10. The van der Waals surface area contributed by atoms with Crippen LogP contribution in [0.5, 0.6) is 0 Å². The molecule has 0 fully saturated rings. The molecular weight excluding hydrogens is 220 g/mol. The van der Waals surface area contributed by atoms with Crippen molar-refractivity contribution in [3.8, 4) is 0 Å². The zero-order valence-corrected chi connectivity index (χ0v) is 8.53. The van der Waals surface area contributed by atoms with Gasteiger partial charge in [0.25, 0.3) is 0 Å². The third-order valence-electron chi connectivity index (χ3n) is 1.84. The van der Waals surface area contributed by atoms with Gasteiger partial charge in [0.2, 0.25) is 0 Å². The molecule has 1 N–H and O–H groups in total. The minimum absolute atomic E-state index is 0.0629. The predicted molar refractivity (Wildman–Crippen MR) is 54.9 cm³/mol. The van der Waals surface area contributed by atoms with E-state index in [-0.39, 0.29) is 5.46 Å². The van der Waals surface area contributed by atoms with Gasteiger partial charge in [0, 0.05) is 0 Å². The Kier molecular flexibility index (Phi) is 4.01. The smallest absolute Gasteiger partial charge is 0.539 e. The van der Waals surface area contributed by atoms with Crippen molar-refractivity contribution in [2.75, 3.05) is 0 Å². The van der Waals surface area contributed by atoms with E-state index >= 15 is 0 Å². The number of hydrogen-bond acceptors (Lipinski definition) is 2. The van der Waals surface area contributed by atoms with Crippen molar-refractivity contribution in [2.24, 2.45) is 0 Å². The summed E-state index contributed by atoms with van der Waals surface area (Å²) in [6.45, 7) is 1.67. The Bertz CT molecular complexity index is 377. The van der Waals surface area contributed by atoms with Crippen molar-refractivity contribution in [2.45, 2.75) is 13.1 Å². The van der Waals surface area contributed by atoms with Crippen molar-refractivity contribution in [1.82, 2.24) is 0 Å². The van der Waals surface area contributed by atoms with Crippen molar-refractivity contribution < 1.29 is 22.8 Å². The minimum Gasteiger partial charge on any atom is -0.539 e. The lowest BCUT2D eigenvalue weighted by Crippen LogP contribution is -2.32. The van der Waals surface area contributed by atoms with Gasteiger partial charge in [-0.2, -0.15) is 13.2 Å². The summed E-state index contributed by atoms with van der Waals surface area (Å²) in [7, 11) is -1.39. The summed E-state index contributed by atoms with van der Waals surface area (Å²) in [6.07, 6.45) is -1.68. The molecule has 0 saturated heterocycles. The van der Waals surface area contributed by atoms with Crippen molar-refractivity contribution in [3.63, 3.8) is 0 Å². The molecule has 0 aromatic heterocycles. The molecule has 86 valence electrons. The van der Waals surface area contributed by atoms with Gasteiger partial charge in [-0.15, -0.1) is 0 Å². The first-order chi connectivity index (χ1) is 7.45. The second-order valence-corrected chi connectivity index (χ2v) is 3.08. The maximum absolute atomic E-state index is 12.3. The molecule has 0 aliphatic heterocycles. The molecule has 0 heterocycles. The SMILES string of the molecule is CC=COB(O)c1cccc(C(F)(F)F)c1. The van der Waals surface area contributed by atoms with Crippen LogP contribution in [0.25, 0.3) is 0 Å². The summed E-state index contributed by atoms with van der Waals surface area (Å²) in [5, 5.41) is 9.40. The van der Waals surface area contributed by atoms with E-state index < -0.39 is 18.9 Å². The third kappa shape index (κ3) is 3.31. The molecule has 0 saturated carbocycles. The Labute approximate surface area is 91.5 Å². The Balaban J connectivity index is 2.90. The second kappa shape index (κ2) is 5.07. The van der Waals surface area contributed by atoms with Gasteiger partial charge in [0.15, 0.2) is 0 Å². The van der Waals surface area contributed by atoms with Crippen LogP contribution in [-0.2, 0) is 10.8 Å². The molecule has 0 unspecified atom stereocenters. The molecule has 0 atom stereocenters. The van der Waals surface area contributed by atoms with Crippen molar-refractivity contribution in [1.29, 1.82) is 0 Å². The van der Waals surface area contributed by atoms with E-state index in [2.05, 4.69) is 0 Å². The van der Waals surface area contributed by atoms with Gasteiger partial charge in [-0.25, -0.2) is 0 Å². The van der Waals surface area contributed by atoms with E-state index in [1.54, 1.807) is 6.92 Å². The predicted octanol–water partition coefficient (Wildman–Crippen LogP) is 1.94. The van der Waals surface area contributed by atoms with Crippen LogP contribution in [0.4, 0.5) is 13.2 Å². The Morgan fingerprint density at radius 1 is 1.38 bits per heavy atom. The van der Waals surface area contributed by atoms with Crippen LogP contribution in [-0.4, -0.2) is 12.1 Å². The second-order valence-electron chi connectivity index (χ2n) is 3.08. The van der Waals surface area contributed by atoms with E-state index in [1.807, 2.05) is 0 Å². The Morgan fingerprint density at radius 3 is 2.62 bits per heavy atom. The van der Waals surface area contributed by atoms with Gasteiger partial charge in [-0.05, 0) is 18.5 Å².